The summed E-state index contributed by atoms with van der Waals surface area (Å²) in [4.78, 5) is 11.7. The molecule has 1 atom stereocenters. The number of ether oxygens (including phenoxy) is 1. The van der Waals surface area contributed by atoms with Gasteiger partial charge in [-0.05, 0) is 19.1 Å². The Morgan fingerprint density at radius 2 is 2.20 bits per heavy atom. The molecule has 0 unspecified atom stereocenters. The predicted octanol–water partition coefficient (Wildman–Crippen LogP) is 2.10. The molecule has 0 aliphatic carbocycles. The monoisotopic (exact) mass is 227 g/mol. The van der Waals surface area contributed by atoms with Crippen LogP contribution in [0.5, 0.6) is 0 Å². The average molecular weight is 228 g/mol. The van der Waals surface area contributed by atoms with Crippen LogP contribution in [0.25, 0.3) is 0 Å². The summed E-state index contributed by atoms with van der Waals surface area (Å²) in [6.45, 7) is 2.36. The van der Waals surface area contributed by atoms with E-state index in [-0.39, 0.29) is 11.9 Å². The number of amides is 1. The Hall–Kier alpha value is -1.06. The molecule has 0 bridgehead atoms. The number of halogens is 1. The van der Waals surface area contributed by atoms with Gasteiger partial charge in [0, 0.05) is 13.2 Å². The first-order chi connectivity index (χ1) is 7.15. The minimum Gasteiger partial charge on any atom is -0.383 e. The van der Waals surface area contributed by atoms with Crippen molar-refractivity contribution in [2.75, 3.05) is 13.7 Å². The first-order valence-electron chi connectivity index (χ1n) is 4.69. The van der Waals surface area contributed by atoms with Gasteiger partial charge in [0.05, 0.1) is 17.2 Å². The van der Waals surface area contributed by atoms with E-state index in [1.54, 1.807) is 31.4 Å². The van der Waals surface area contributed by atoms with Crippen molar-refractivity contribution in [1.82, 2.24) is 5.32 Å². The third-order valence-electron chi connectivity index (χ3n) is 1.91. The van der Waals surface area contributed by atoms with Crippen molar-refractivity contribution in [2.45, 2.75) is 13.0 Å². The number of hydrogen-bond donors (Lipinski definition) is 1. The molecule has 0 saturated carbocycles. The van der Waals surface area contributed by atoms with Crippen LogP contribution in [-0.4, -0.2) is 25.7 Å². The molecule has 1 amide bonds. The number of carbonyl (C=O) groups excluding carboxylic acids is 1. The number of hydrogen-bond acceptors (Lipinski definition) is 2. The lowest BCUT2D eigenvalue weighted by Crippen LogP contribution is -2.35. The number of methoxy groups -OCH3 is 1. The molecule has 0 aromatic heterocycles. The summed E-state index contributed by atoms with van der Waals surface area (Å²) in [6.07, 6.45) is 0. The van der Waals surface area contributed by atoms with Gasteiger partial charge in [-0.3, -0.25) is 4.79 Å². The fourth-order valence-corrected chi connectivity index (χ4v) is 1.46. The number of rotatable bonds is 4. The molecule has 0 aliphatic rings. The Labute approximate surface area is 94.4 Å². The molecular weight excluding hydrogens is 214 g/mol. The van der Waals surface area contributed by atoms with E-state index in [1.165, 1.54) is 0 Å². The van der Waals surface area contributed by atoms with E-state index < -0.39 is 0 Å². The third kappa shape index (κ3) is 3.53. The second-order valence-corrected chi connectivity index (χ2v) is 3.72. The first kappa shape index (κ1) is 12.0. The van der Waals surface area contributed by atoms with Crippen LogP contribution < -0.4 is 5.32 Å². The zero-order valence-electron chi connectivity index (χ0n) is 8.79. The highest BCUT2D eigenvalue weighted by Gasteiger charge is 2.11. The molecule has 0 radical (unpaired) electrons. The molecule has 0 heterocycles. The maximum absolute atomic E-state index is 11.7. The van der Waals surface area contributed by atoms with Gasteiger partial charge in [-0.15, -0.1) is 0 Å². The summed E-state index contributed by atoms with van der Waals surface area (Å²) in [7, 11) is 1.60. The largest absolute Gasteiger partial charge is 0.383 e. The van der Waals surface area contributed by atoms with Crippen molar-refractivity contribution in [3.05, 3.63) is 34.9 Å². The second kappa shape index (κ2) is 5.73. The van der Waals surface area contributed by atoms with Gasteiger partial charge in [0.2, 0.25) is 0 Å². The fraction of sp³-hybridized carbons (Fsp3) is 0.364. The Morgan fingerprint density at radius 1 is 1.53 bits per heavy atom. The molecule has 1 aromatic rings. The highest BCUT2D eigenvalue weighted by Crippen LogP contribution is 2.14. The highest BCUT2D eigenvalue weighted by atomic mass is 35.5. The molecule has 0 aliphatic heterocycles. The van der Waals surface area contributed by atoms with E-state index in [0.717, 1.165) is 0 Å². The van der Waals surface area contributed by atoms with Crippen LogP contribution >= 0.6 is 11.6 Å². The quantitative estimate of drug-likeness (QED) is 0.856. The van der Waals surface area contributed by atoms with Crippen molar-refractivity contribution in [2.24, 2.45) is 0 Å². The molecule has 3 nitrogen and oxygen atoms in total. The minimum atomic E-state index is -0.176. The van der Waals surface area contributed by atoms with Gasteiger partial charge in [0.15, 0.2) is 0 Å². The normalized spacial score (nSPS) is 12.2. The Morgan fingerprint density at radius 3 is 2.80 bits per heavy atom. The number of nitrogens with one attached hydrogen (secondary N) is 1. The lowest BCUT2D eigenvalue weighted by atomic mass is 10.2. The van der Waals surface area contributed by atoms with Gasteiger partial charge in [-0.25, -0.2) is 0 Å². The molecular formula is C11H14ClNO2. The van der Waals surface area contributed by atoms with Crippen LogP contribution in [0.1, 0.15) is 17.3 Å². The zero-order chi connectivity index (χ0) is 11.3. The van der Waals surface area contributed by atoms with Gasteiger partial charge >= 0.3 is 0 Å². The second-order valence-electron chi connectivity index (χ2n) is 3.31. The van der Waals surface area contributed by atoms with Gasteiger partial charge in [-0.1, -0.05) is 23.7 Å². The predicted molar refractivity (Wildman–Crippen MR) is 60.3 cm³/mol. The maximum Gasteiger partial charge on any atom is 0.253 e. The molecule has 0 fully saturated rings. The number of carbonyl (C=O) groups is 1. The maximum atomic E-state index is 11.7. The van der Waals surface area contributed by atoms with E-state index in [2.05, 4.69) is 5.32 Å². The van der Waals surface area contributed by atoms with Crippen LogP contribution in [0.15, 0.2) is 24.3 Å². The molecule has 1 N–H and O–H groups in total. The van der Waals surface area contributed by atoms with Gasteiger partial charge in [0.25, 0.3) is 5.91 Å². The Kier molecular flexibility index (Phi) is 4.59. The van der Waals surface area contributed by atoms with Gasteiger partial charge in [-0.2, -0.15) is 0 Å². The van der Waals surface area contributed by atoms with Crippen molar-refractivity contribution < 1.29 is 9.53 Å². The summed E-state index contributed by atoms with van der Waals surface area (Å²) in [5.41, 5.74) is 0.488. The van der Waals surface area contributed by atoms with Crippen molar-refractivity contribution in [1.29, 1.82) is 0 Å². The molecule has 1 aromatic carbocycles. The van der Waals surface area contributed by atoms with Crippen LogP contribution in [-0.2, 0) is 4.74 Å². The van der Waals surface area contributed by atoms with E-state index in [9.17, 15) is 4.79 Å². The van der Waals surface area contributed by atoms with Crippen LogP contribution in [0.4, 0.5) is 0 Å². The summed E-state index contributed by atoms with van der Waals surface area (Å²) in [5.74, 6) is -0.176. The Bertz CT molecular complexity index is 341. The minimum absolute atomic E-state index is 0.0289. The van der Waals surface area contributed by atoms with Crippen LogP contribution in [0.2, 0.25) is 5.02 Å². The van der Waals surface area contributed by atoms with Crippen molar-refractivity contribution in [3.8, 4) is 0 Å². The average Bonchev–Trinajstić information content (AvgIpc) is 2.18. The molecule has 82 valence electrons. The SMILES string of the molecule is COC[C@H](C)NC(=O)c1ccccc1Cl. The standard InChI is InChI=1S/C11H14ClNO2/c1-8(7-15-2)13-11(14)9-5-3-4-6-10(9)12/h3-6,8H,7H2,1-2H3,(H,13,14)/t8-/m0/s1. The van der Waals surface area contributed by atoms with E-state index in [1.807, 2.05) is 6.92 Å². The smallest absolute Gasteiger partial charge is 0.253 e. The summed E-state index contributed by atoms with van der Waals surface area (Å²) in [6, 6.07) is 6.92. The van der Waals surface area contributed by atoms with Crippen LogP contribution in [0.3, 0.4) is 0 Å². The van der Waals surface area contributed by atoms with E-state index >= 15 is 0 Å². The number of benzene rings is 1. The highest BCUT2D eigenvalue weighted by molar-refractivity contribution is 6.33. The molecule has 15 heavy (non-hydrogen) atoms. The van der Waals surface area contributed by atoms with Crippen molar-refractivity contribution >= 4 is 17.5 Å². The van der Waals surface area contributed by atoms with Crippen LogP contribution in [0, 0.1) is 0 Å². The summed E-state index contributed by atoms with van der Waals surface area (Å²) >= 11 is 5.89. The summed E-state index contributed by atoms with van der Waals surface area (Å²) in [5, 5.41) is 3.25. The molecule has 0 saturated heterocycles. The molecule has 1 rings (SSSR count). The van der Waals surface area contributed by atoms with Gasteiger partial charge in [0.1, 0.15) is 0 Å². The third-order valence-corrected chi connectivity index (χ3v) is 2.24. The summed E-state index contributed by atoms with van der Waals surface area (Å²) < 4.78 is 4.92. The first-order valence-corrected chi connectivity index (χ1v) is 5.07. The van der Waals surface area contributed by atoms with E-state index in [4.69, 9.17) is 16.3 Å². The zero-order valence-corrected chi connectivity index (χ0v) is 9.54. The van der Waals surface area contributed by atoms with E-state index in [0.29, 0.717) is 17.2 Å². The topological polar surface area (TPSA) is 38.3 Å². The van der Waals surface area contributed by atoms with Gasteiger partial charge < -0.3 is 10.1 Å². The lowest BCUT2D eigenvalue weighted by Gasteiger charge is -2.13. The Balaban J connectivity index is 2.65. The fourth-order valence-electron chi connectivity index (χ4n) is 1.24. The molecule has 0 spiro atoms. The van der Waals surface area contributed by atoms with Crippen molar-refractivity contribution in [3.63, 3.8) is 0 Å². The lowest BCUT2D eigenvalue weighted by molar-refractivity contribution is 0.0905. The molecule has 4 heteroatoms.